The minimum Gasteiger partial charge on any atom is -0.337 e. The summed E-state index contributed by atoms with van der Waals surface area (Å²) in [6.45, 7) is 3.17. The Kier molecular flexibility index (Phi) is 7.32. The van der Waals surface area contributed by atoms with Gasteiger partial charge in [0.15, 0.2) is 5.67 Å². The molecule has 4 heterocycles. The summed E-state index contributed by atoms with van der Waals surface area (Å²) in [5.41, 5.74) is -0.651. The fourth-order valence-electron chi connectivity index (χ4n) is 3.12. The molecule has 156 valence electrons. The smallest absolute Gasteiger partial charge is 0.274 e. The number of aryl methyl sites for hydroxylation is 1. The molecule has 11 heteroatoms. The molecule has 0 aliphatic carbocycles. The van der Waals surface area contributed by atoms with Crippen molar-refractivity contribution in [1.82, 2.24) is 29.8 Å². The van der Waals surface area contributed by atoms with Crippen molar-refractivity contribution in [2.75, 3.05) is 13.1 Å². The Morgan fingerprint density at radius 3 is 2.52 bits per heavy atom. The van der Waals surface area contributed by atoms with Gasteiger partial charge in [0.1, 0.15) is 5.69 Å². The third kappa shape index (κ3) is 4.56. The zero-order valence-corrected chi connectivity index (χ0v) is 17.3. The van der Waals surface area contributed by atoms with Gasteiger partial charge in [-0.05, 0) is 25.1 Å². The summed E-state index contributed by atoms with van der Waals surface area (Å²) in [6, 6.07) is 5.15. The number of rotatable bonds is 4. The third-order valence-electron chi connectivity index (χ3n) is 4.77. The molecule has 8 nitrogen and oxygen atoms in total. The summed E-state index contributed by atoms with van der Waals surface area (Å²) >= 11 is 0. The predicted molar refractivity (Wildman–Crippen MR) is 108 cm³/mol. The number of alkyl halides is 1. The molecule has 1 saturated heterocycles. The second kappa shape index (κ2) is 9.32. The quantitative estimate of drug-likeness (QED) is 0.615. The van der Waals surface area contributed by atoms with E-state index in [1.54, 1.807) is 46.4 Å². The zero-order valence-electron chi connectivity index (χ0n) is 15.7. The van der Waals surface area contributed by atoms with Gasteiger partial charge in [-0.15, -0.1) is 24.8 Å². The van der Waals surface area contributed by atoms with Crippen LogP contribution in [0.3, 0.4) is 0 Å². The number of likely N-dealkylation sites (tertiary alicyclic amines) is 1. The number of carbonyl (C=O) groups excluding carboxylic acids is 1. The molecule has 1 aliphatic heterocycles. The first-order chi connectivity index (χ1) is 13.1. The standard InChI is InChI=1S/C18H19FN6O2.2ClH/c1-2-25-10-5-14(22-25)16(26)24-11-6-18(19,7-12-24)17-21-15(23-27-17)13-3-8-20-9-4-13;;/h3-5,8-10H,2,6-7,11-12H2,1H3;2*1H. The van der Waals surface area contributed by atoms with E-state index in [9.17, 15) is 4.79 Å². The van der Waals surface area contributed by atoms with E-state index < -0.39 is 5.67 Å². The molecule has 29 heavy (non-hydrogen) atoms. The van der Waals surface area contributed by atoms with Gasteiger partial charge in [-0.2, -0.15) is 10.1 Å². The molecule has 0 spiro atoms. The first-order valence-corrected chi connectivity index (χ1v) is 8.85. The van der Waals surface area contributed by atoms with Crippen molar-refractivity contribution >= 4 is 30.7 Å². The number of hydrogen-bond donors (Lipinski definition) is 0. The number of nitrogens with zero attached hydrogens (tertiary/aromatic N) is 6. The summed E-state index contributed by atoms with van der Waals surface area (Å²) in [5, 5.41) is 8.09. The highest BCUT2D eigenvalue weighted by molar-refractivity contribution is 5.92. The first kappa shape index (κ1) is 22.8. The number of hydrogen-bond acceptors (Lipinski definition) is 6. The van der Waals surface area contributed by atoms with Crippen LogP contribution in [0.15, 0.2) is 41.3 Å². The molecule has 0 atom stereocenters. The molecule has 1 aliphatic rings. The molecule has 0 saturated carbocycles. The third-order valence-corrected chi connectivity index (χ3v) is 4.77. The van der Waals surface area contributed by atoms with Crippen LogP contribution in [0.2, 0.25) is 0 Å². The zero-order chi connectivity index (χ0) is 18.9. The molecule has 0 radical (unpaired) electrons. The van der Waals surface area contributed by atoms with E-state index in [1.165, 1.54) is 0 Å². The van der Waals surface area contributed by atoms with E-state index in [0.29, 0.717) is 23.6 Å². The van der Waals surface area contributed by atoms with Crippen LogP contribution in [0.5, 0.6) is 0 Å². The number of piperidine rings is 1. The number of pyridine rings is 1. The molecular weight excluding hydrogens is 422 g/mol. The van der Waals surface area contributed by atoms with Crippen molar-refractivity contribution in [2.45, 2.75) is 32.0 Å². The maximum absolute atomic E-state index is 15.4. The van der Waals surface area contributed by atoms with Crippen LogP contribution in [0, 0.1) is 0 Å². The van der Waals surface area contributed by atoms with Gasteiger partial charge in [0.25, 0.3) is 11.8 Å². The normalized spacial score (nSPS) is 15.3. The van der Waals surface area contributed by atoms with Crippen molar-refractivity contribution in [1.29, 1.82) is 0 Å². The molecule has 0 unspecified atom stereocenters. The lowest BCUT2D eigenvalue weighted by Crippen LogP contribution is -2.43. The van der Waals surface area contributed by atoms with Gasteiger partial charge in [-0.1, -0.05) is 5.16 Å². The molecule has 4 rings (SSSR count). The maximum Gasteiger partial charge on any atom is 0.274 e. The molecule has 0 bridgehead atoms. The van der Waals surface area contributed by atoms with Crippen molar-refractivity contribution in [2.24, 2.45) is 0 Å². The molecule has 3 aromatic heterocycles. The van der Waals surface area contributed by atoms with Crippen LogP contribution >= 0.6 is 24.8 Å². The topological polar surface area (TPSA) is 89.9 Å². The number of aromatic nitrogens is 5. The van der Waals surface area contributed by atoms with Crippen LogP contribution in [-0.4, -0.2) is 48.8 Å². The van der Waals surface area contributed by atoms with Gasteiger partial charge >= 0.3 is 0 Å². The average Bonchev–Trinajstić information content (AvgIpc) is 3.39. The molecule has 3 aromatic rings. The van der Waals surface area contributed by atoms with E-state index in [1.807, 2.05) is 6.92 Å². The molecular formula is C18H21Cl2FN6O2. The van der Waals surface area contributed by atoms with Gasteiger partial charge in [-0.3, -0.25) is 14.5 Å². The summed E-state index contributed by atoms with van der Waals surface area (Å²) in [4.78, 5) is 22.3. The van der Waals surface area contributed by atoms with Crippen LogP contribution in [-0.2, 0) is 12.2 Å². The lowest BCUT2D eigenvalue weighted by molar-refractivity contribution is 0.0245. The highest BCUT2D eigenvalue weighted by Crippen LogP contribution is 2.37. The Bertz CT molecular complexity index is 941. The van der Waals surface area contributed by atoms with Gasteiger partial charge < -0.3 is 9.42 Å². The van der Waals surface area contributed by atoms with E-state index in [2.05, 4.69) is 20.2 Å². The van der Waals surface area contributed by atoms with Gasteiger partial charge in [0.05, 0.1) is 0 Å². The predicted octanol–water partition coefficient (Wildman–Crippen LogP) is 3.29. The Morgan fingerprint density at radius 1 is 1.21 bits per heavy atom. The number of amides is 1. The van der Waals surface area contributed by atoms with Crippen LogP contribution in [0.1, 0.15) is 36.1 Å². The Labute approximate surface area is 179 Å². The second-order valence-electron chi connectivity index (χ2n) is 6.47. The average molecular weight is 443 g/mol. The summed E-state index contributed by atoms with van der Waals surface area (Å²) in [5.74, 6) is 0.0944. The summed E-state index contributed by atoms with van der Waals surface area (Å²) in [6.07, 6.45) is 5.19. The Hall–Kier alpha value is -2.52. The van der Waals surface area contributed by atoms with Crippen molar-refractivity contribution < 1.29 is 13.7 Å². The van der Waals surface area contributed by atoms with Crippen LogP contribution < -0.4 is 0 Å². The van der Waals surface area contributed by atoms with E-state index in [4.69, 9.17) is 4.52 Å². The first-order valence-electron chi connectivity index (χ1n) is 8.85. The minimum absolute atomic E-state index is 0. The largest absolute Gasteiger partial charge is 0.337 e. The lowest BCUT2D eigenvalue weighted by Gasteiger charge is -2.33. The van der Waals surface area contributed by atoms with Crippen molar-refractivity contribution in [3.05, 3.63) is 48.4 Å². The maximum atomic E-state index is 15.4. The minimum atomic E-state index is -1.74. The van der Waals surface area contributed by atoms with Crippen molar-refractivity contribution in [3.63, 3.8) is 0 Å². The summed E-state index contributed by atoms with van der Waals surface area (Å²) < 4.78 is 22.2. The molecule has 1 fully saturated rings. The van der Waals surface area contributed by atoms with Gasteiger partial charge in [0.2, 0.25) is 5.82 Å². The van der Waals surface area contributed by atoms with E-state index in [-0.39, 0.29) is 62.5 Å². The van der Waals surface area contributed by atoms with Crippen LogP contribution in [0.4, 0.5) is 4.39 Å². The number of halogens is 3. The van der Waals surface area contributed by atoms with Gasteiger partial charge in [-0.25, -0.2) is 4.39 Å². The van der Waals surface area contributed by atoms with Gasteiger partial charge in [0, 0.05) is 56.6 Å². The summed E-state index contributed by atoms with van der Waals surface area (Å²) in [7, 11) is 0. The SMILES string of the molecule is CCn1ccc(C(=O)N2CCC(F)(c3nc(-c4ccncc4)no3)CC2)n1.Cl.Cl. The number of carbonyl (C=O) groups is 1. The van der Waals surface area contributed by atoms with E-state index >= 15 is 4.39 Å². The lowest BCUT2D eigenvalue weighted by atomic mass is 9.93. The molecule has 0 N–H and O–H groups in total. The van der Waals surface area contributed by atoms with Crippen LogP contribution in [0.25, 0.3) is 11.4 Å². The van der Waals surface area contributed by atoms with Crippen molar-refractivity contribution in [3.8, 4) is 11.4 Å². The highest BCUT2D eigenvalue weighted by Gasteiger charge is 2.42. The fourth-order valence-corrected chi connectivity index (χ4v) is 3.12. The Morgan fingerprint density at radius 2 is 1.90 bits per heavy atom. The molecule has 1 amide bonds. The highest BCUT2D eigenvalue weighted by atomic mass is 35.5. The fraction of sp³-hybridized carbons (Fsp3) is 0.389. The van der Waals surface area contributed by atoms with E-state index in [0.717, 1.165) is 0 Å². The molecule has 0 aromatic carbocycles. The second-order valence-corrected chi connectivity index (χ2v) is 6.47. The Balaban J connectivity index is 0.00000150. The monoisotopic (exact) mass is 442 g/mol.